The van der Waals surface area contributed by atoms with Crippen molar-refractivity contribution < 1.29 is 4.74 Å². The number of hydrogen-bond acceptors (Lipinski definition) is 5. The number of nitrogens with one attached hydrogen (secondary N) is 1. The Balaban J connectivity index is 2.37. The van der Waals surface area contributed by atoms with E-state index in [-0.39, 0.29) is 6.04 Å². The summed E-state index contributed by atoms with van der Waals surface area (Å²) >= 11 is 2.02. The van der Waals surface area contributed by atoms with E-state index in [1.54, 1.807) is 7.11 Å². The van der Waals surface area contributed by atoms with E-state index in [0.717, 1.165) is 23.7 Å². The maximum Gasteiger partial charge on any atom is 0.161 e. The molecule has 0 spiro atoms. The topological polar surface area (TPSA) is 42.3 Å². The highest BCUT2D eigenvalue weighted by Gasteiger charge is 2.33. The predicted octanol–water partition coefficient (Wildman–Crippen LogP) is 1.78. The Bertz CT molecular complexity index is 435. The molecule has 1 aliphatic heterocycles. The Hall–Kier alpha value is -0.720. The molecule has 0 amide bonds. The SMILES string of the molecule is CNC(c1c(OC)cnn1C(C)C)C1CSCCN1C. The van der Waals surface area contributed by atoms with Gasteiger partial charge in [0.05, 0.1) is 25.0 Å². The highest BCUT2D eigenvalue weighted by atomic mass is 32.2. The van der Waals surface area contributed by atoms with Gasteiger partial charge in [0.25, 0.3) is 0 Å². The molecule has 2 rings (SSSR count). The molecule has 0 saturated carbocycles. The zero-order valence-corrected chi connectivity index (χ0v) is 13.9. The van der Waals surface area contributed by atoms with Crippen molar-refractivity contribution in [2.45, 2.75) is 32.0 Å². The van der Waals surface area contributed by atoms with Crippen molar-refractivity contribution >= 4 is 11.8 Å². The van der Waals surface area contributed by atoms with Crippen LogP contribution in [0.4, 0.5) is 0 Å². The lowest BCUT2D eigenvalue weighted by Gasteiger charge is -2.38. The summed E-state index contributed by atoms with van der Waals surface area (Å²) in [5.74, 6) is 3.22. The molecular weight excluding hydrogens is 272 g/mol. The van der Waals surface area contributed by atoms with Crippen LogP contribution in [0.25, 0.3) is 0 Å². The van der Waals surface area contributed by atoms with Crippen molar-refractivity contribution in [3.63, 3.8) is 0 Å². The second kappa shape index (κ2) is 6.83. The first-order valence-electron chi connectivity index (χ1n) is 7.16. The molecule has 0 radical (unpaired) electrons. The Morgan fingerprint density at radius 3 is 2.80 bits per heavy atom. The van der Waals surface area contributed by atoms with Crippen LogP contribution in [0.5, 0.6) is 5.75 Å². The van der Waals surface area contributed by atoms with Gasteiger partial charge in [0.1, 0.15) is 0 Å². The molecule has 2 unspecified atom stereocenters. The second-order valence-corrected chi connectivity index (χ2v) is 6.68. The van der Waals surface area contributed by atoms with Gasteiger partial charge in [0.15, 0.2) is 5.75 Å². The lowest BCUT2D eigenvalue weighted by Crippen LogP contribution is -2.47. The lowest BCUT2D eigenvalue weighted by atomic mass is 10.0. The van der Waals surface area contributed by atoms with Gasteiger partial charge >= 0.3 is 0 Å². The minimum absolute atomic E-state index is 0.229. The summed E-state index contributed by atoms with van der Waals surface area (Å²) in [6.45, 7) is 5.44. The third kappa shape index (κ3) is 2.97. The number of hydrogen-bond donors (Lipinski definition) is 1. The minimum Gasteiger partial charge on any atom is -0.493 e. The van der Waals surface area contributed by atoms with Gasteiger partial charge in [-0.3, -0.25) is 9.58 Å². The maximum atomic E-state index is 5.54. The molecule has 0 aliphatic carbocycles. The van der Waals surface area contributed by atoms with Crippen LogP contribution in [0.3, 0.4) is 0 Å². The van der Waals surface area contributed by atoms with Gasteiger partial charge in [-0.25, -0.2) is 0 Å². The number of nitrogens with zero attached hydrogens (tertiary/aromatic N) is 3. The molecule has 1 aromatic heterocycles. The van der Waals surface area contributed by atoms with E-state index >= 15 is 0 Å². The minimum atomic E-state index is 0.229. The first kappa shape index (κ1) is 15.7. The van der Waals surface area contributed by atoms with Crippen molar-refractivity contribution in [3.8, 4) is 5.75 Å². The van der Waals surface area contributed by atoms with Crippen LogP contribution in [0.2, 0.25) is 0 Å². The fourth-order valence-electron chi connectivity index (χ4n) is 2.79. The molecule has 20 heavy (non-hydrogen) atoms. The lowest BCUT2D eigenvalue weighted by molar-refractivity contribution is 0.211. The Morgan fingerprint density at radius 1 is 1.50 bits per heavy atom. The standard InChI is InChI=1S/C14H26N4OS/c1-10(2)18-14(12(19-5)8-16-18)13(15-3)11-9-20-7-6-17(11)4/h8,10-11,13,15H,6-7,9H2,1-5H3. The summed E-state index contributed by atoms with van der Waals surface area (Å²) in [4.78, 5) is 2.44. The predicted molar refractivity (Wildman–Crippen MR) is 84.7 cm³/mol. The number of likely N-dealkylation sites (N-methyl/N-ethyl adjacent to an activating group) is 2. The average molecular weight is 298 g/mol. The summed E-state index contributed by atoms with van der Waals surface area (Å²) in [6, 6.07) is 1.01. The van der Waals surface area contributed by atoms with E-state index in [4.69, 9.17) is 4.74 Å². The van der Waals surface area contributed by atoms with E-state index in [9.17, 15) is 0 Å². The molecule has 114 valence electrons. The largest absolute Gasteiger partial charge is 0.493 e. The monoisotopic (exact) mass is 298 g/mol. The quantitative estimate of drug-likeness (QED) is 0.897. The third-order valence-corrected chi connectivity index (χ3v) is 4.99. The van der Waals surface area contributed by atoms with Crippen LogP contribution in [0.1, 0.15) is 31.6 Å². The van der Waals surface area contributed by atoms with Crippen molar-refractivity contribution in [3.05, 3.63) is 11.9 Å². The van der Waals surface area contributed by atoms with Crippen LogP contribution in [-0.4, -0.2) is 60.0 Å². The van der Waals surface area contributed by atoms with Crippen LogP contribution < -0.4 is 10.1 Å². The van der Waals surface area contributed by atoms with Gasteiger partial charge in [-0.15, -0.1) is 0 Å². The summed E-state index contributed by atoms with van der Waals surface area (Å²) < 4.78 is 7.61. The van der Waals surface area contributed by atoms with Crippen LogP contribution >= 0.6 is 11.8 Å². The van der Waals surface area contributed by atoms with Gasteiger partial charge in [0.2, 0.25) is 0 Å². The molecule has 1 aromatic rings. The van der Waals surface area contributed by atoms with Crippen LogP contribution in [0, 0.1) is 0 Å². The zero-order valence-electron chi connectivity index (χ0n) is 13.1. The molecule has 1 saturated heterocycles. The van der Waals surface area contributed by atoms with Gasteiger partial charge in [-0.1, -0.05) is 0 Å². The van der Waals surface area contributed by atoms with E-state index in [1.807, 2.05) is 25.0 Å². The number of thioether (sulfide) groups is 1. The average Bonchev–Trinajstić information content (AvgIpc) is 2.86. The van der Waals surface area contributed by atoms with Crippen molar-refractivity contribution in [1.29, 1.82) is 0 Å². The molecule has 0 aromatic carbocycles. The van der Waals surface area contributed by atoms with Gasteiger partial charge < -0.3 is 10.1 Å². The number of aromatic nitrogens is 2. The van der Waals surface area contributed by atoms with Crippen molar-refractivity contribution in [1.82, 2.24) is 20.0 Å². The normalized spacial score (nSPS) is 22.2. The van der Waals surface area contributed by atoms with Gasteiger partial charge in [0, 0.05) is 30.1 Å². The number of rotatable bonds is 5. The fraction of sp³-hybridized carbons (Fsp3) is 0.786. The van der Waals surface area contributed by atoms with Crippen molar-refractivity contribution in [2.75, 3.05) is 39.3 Å². The Morgan fingerprint density at radius 2 is 2.25 bits per heavy atom. The number of ether oxygens (including phenoxy) is 1. The molecule has 1 fully saturated rings. The molecule has 2 heterocycles. The fourth-order valence-corrected chi connectivity index (χ4v) is 4.06. The Kier molecular flexibility index (Phi) is 5.35. The molecular formula is C14H26N4OS. The molecule has 1 N–H and O–H groups in total. The smallest absolute Gasteiger partial charge is 0.161 e. The highest BCUT2D eigenvalue weighted by Crippen LogP contribution is 2.33. The number of methoxy groups -OCH3 is 1. The summed E-state index contributed by atoms with van der Waals surface area (Å²) in [6.07, 6.45) is 1.83. The Labute approximate surface area is 126 Å². The van der Waals surface area contributed by atoms with Crippen LogP contribution in [0.15, 0.2) is 6.20 Å². The first-order valence-corrected chi connectivity index (χ1v) is 8.32. The van der Waals surface area contributed by atoms with Gasteiger partial charge in [-0.2, -0.15) is 16.9 Å². The summed E-state index contributed by atoms with van der Waals surface area (Å²) in [7, 11) is 5.95. The maximum absolute atomic E-state index is 5.54. The van der Waals surface area contributed by atoms with Crippen LogP contribution in [-0.2, 0) is 0 Å². The zero-order chi connectivity index (χ0) is 14.7. The summed E-state index contributed by atoms with van der Waals surface area (Å²) in [5.41, 5.74) is 1.16. The van der Waals surface area contributed by atoms with Gasteiger partial charge in [-0.05, 0) is 27.9 Å². The third-order valence-electron chi connectivity index (χ3n) is 3.94. The molecule has 2 atom stereocenters. The molecule has 5 nitrogen and oxygen atoms in total. The second-order valence-electron chi connectivity index (χ2n) is 5.53. The van der Waals surface area contributed by atoms with E-state index in [1.165, 1.54) is 5.75 Å². The van der Waals surface area contributed by atoms with E-state index in [0.29, 0.717) is 12.1 Å². The molecule has 1 aliphatic rings. The van der Waals surface area contributed by atoms with E-state index < -0.39 is 0 Å². The van der Waals surface area contributed by atoms with E-state index in [2.05, 4.69) is 40.9 Å². The molecule has 0 bridgehead atoms. The highest BCUT2D eigenvalue weighted by molar-refractivity contribution is 7.99. The summed E-state index contributed by atoms with van der Waals surface area (Å²) in [5, 5.41) is 7.98. The van der Waals surface area contributed by atoms with Crippen molar-refractivity contribution in [2.24, 2.45) is 0 Å². The first-order chi connectivity index (χ1) is 9.60. The molecule has 6 heteroatoms.